The molecule has 0 aliphatic carbocycles. The maximum absolute atomic E-state index is 12.0. The highest BCUT2D eigenvalue weighted by molar-refractivity contribution is 5.81. The lowest BCUT2D eigenvalue weighted by molar-refractivity contribution is -0.136. The third kappa shape index (κ3) is 4.59. The summed E-state index contributed by atoms with van der Waals surface area (Å²) in [6, 6.07) is 9.56. The summed E-state index contributed by atoms with van der Waals surface area (Å²) in [4.78, 5) is 12.0. The Hall–Kier alpha value is -1.43. The molecule has 5 nitrogen and oxygen atoms in total. The highest BCUT2D eigenvalue weighted by atomic mass is 16.5. The van der Waals surface area contributed by atoms with E-state index in [0.29, 0.717) is 13.0 Å². The minimum atomic E-state index is -0.985. The Morgan fingerprint density at radius 1 is 1.30 bits per heavy atom. The summed E-state index contributed by atoms with van der Waals surface area (Å²) < 4.78 is 5.49. The third-order valence-corrected chi connectivity index (χ3v) is 3.38. The normalized spacial score (nSPS) is 13.0. The molecule has 1 aromatic rings. The molecule has 0 aromatic heterocycles. The lowest BCUT2D eigenvalue weighted by Gasteiger charge is -2.30. The molecule has 0 saturated heterocycles. The van der Waals surface area contributed by atoms with Gasteiger partial charge in [-0.2, -0.15) is 0 Å². The molecule has 0 heterocycles. The largest absolute Gasteiger partial charge is 0.394 e. The summed E-state index contributed by atoms with van der Waals surface area (Å²) in [7, 11) is 0. The quantitative estimate of drug-likeness (QED) is 0.660. The van der Waals surface area contributed by atoms with Crippen LogP contribution in [0.15, 0.2) is 30.3 Å². The average molecular weight is 281 g/mol. The van der Waals surface area contributed by atoms with Crippen molar-refractivity contribution in [3.63, 3.8) is 0 Å². The van der Waals surface area contributed by atoms with Crippen molar-refractivity contribution >= 4 is 5.91 Å². The van der Waals surface area contributed by atoms with Gasteiger partial charge in [0.05, 0.1) is 25.4 Å². The fourth-order valence-electron chi connectivity index (χ4n) is 1.68. The number of carbonyl (C=O) groups excluding carboxylic acids is 1. The van der Waals surface area contributed by atoms with E-state index in [0.717, 1.165) is 5.56 Å². The molecule has 112 valence electrons. The number of aliphatic hydroxyl groups is 2. The van der Waals surface area contributed by atoms with Crippen molar-refractivity contribution in [2.24, 2.45) is 0 Å². The van der Waals surface area contributed by atoms with Gasteiger partial charge in [0, 0.05) is 0 Å². The minimum Gasteiger partial charge on any atom is -0.394 e. The second-order valence-electron chi connectivity index (χ2n) is 4.88. The summed E-state index contributed by atoms with van der Waals surface area (Å²) in [5.74, 6) is -0.342. The number of aliphatic hydroxyl groups excluding tert-OH is 2. The van der Waals surface area contributed by atoms with Crippen LogP contribution in [0.3, 0.4) is 0 Å². The molecule has 0 fully saturated rings. The zero-order valence-corrected chi connectivity index (χ0v) is 12.0. The molecule has 1 rings (SSSR count). The molecule has 0 aliphatic heterocycles. The zero-order chi connectivity index (χ0) is 15.0. The second kappa shape index (κ2) is 7.99. The summed E-state index contributed by atoms with van der Waals surface area (Å²) in [5.41, 5.74) is -0.000208. The maximum atomic E-state index is 12.0. The Bertz CT molecular complexity index is 395. The van der Waals surface area contributed by atoms with Crippen molar-refractivity contribution in [2.45, 2.75) is 38.5 Å². The first-order valence-corrected chi connectivity index (χ1v) is 6.76. The van der Waals surface area contributed by atoms with Crippen LogP contribution < -0.4 is 5.32 Å². The molecule has 0 aliphatic rings. The Morgan fingerprint density at radius 2 is 1.90 bits per heavy atom. The van der Waals surface area contributed by atoms with Gasteiger partial charge >= 0.3 is 0 Å². The van der Waals surface area contributed by atoms with Gasteiger partial charge < -0.3 is 20.3 Å². The number of ether oxygens (including phenoxy) is 1. The van der Waals surface area contributed by atoms with Crippen LogP contribution >= 0.6 is 0 Å². The molecule has 20 heavy (non-hydrogen) atoms. The molecule has 1 atom stereocenters. The van der Waals surface area contributed by atoms with Crippen LogP contribution in [0.5, 0.6) is 0 Å². The molecule has 5 heteroatoms. The van der Waals surface area contributed by atoms with E-state index < -0.39 is 11.6 Å². The first kappa shape index (κ1) is 16.6. The average Bonchev–Trinajstić information content (AvgIpc) is 2.51. The van der Waals surface area contributed by atoms with Crippen LogP contribution in [0.25, 0.3) is 0 Å². The van der Waals surface area contributed by atoms with Gasteiger partial charge in [-0.3, -0.25) is 4.79 Å². The van der Waals surface area contributed by atoms with E-state index in [2.05, 4.69) is 5.32 Å². The van der Waals surface area contributed by atoms with E-state index in [1.807, 2.05) is 30.3 Å². The smallest absolute Gasteiger partial charge is 0.249 e. The first-order valence-electron chi connectivity index (χ1n) is 6.76. The lowest BCUT2D eigenvalue weighted by Crippen LogP contribution is -2.56. The molecule has 0 bridgehead atoms. The highest BCUT2D eigenvalue weighted by Gasteiger charge is 2.30. The monoisotopic (exact) mass is 281 g/mol. The number of hydrogen-bond acceptors (Lipinski definition) is 4. The molecule has 1 unspecified atom stereocenters. The van der Waals surface area contributed by atoms with Crippen molar-refractivity contribution in [2.75, 3.05) is 13.2 Å². The Kier molecular flexibility index (Phi) is 6.64. The third-order valence-electron chi connectivity index (χ3n) is 3.38. The van der Waals surface area contributed by atoms with Crippen molar-refractivity contribution in [1.82, 2.24) is 5.32 Å². The van der Waals surface area contributed by atoms with E-state index in [1.165, 1.54) is 0 Å². The van der Waals surface area contributed by atoms with Crippen LogP contribution in [0.2, 0.25) is 0 Å². The molecule has 1 aromatic carbocycles. The van der Waals surface area contributed by atoms with E-state index in [-0.39, 0.29) is 19.1 Å². The lowest BCUT2D eigenvalue weighted by atomic mass is 9.98. The molecular formula is C15H23NO4. The molecule has 0 spiro atoms. The predicted octanol–water partition coefficient (Wildman–Crippen LogP) is 0.841. The van der Waals surface area contributed by atoms with Crippen molar-refractivity contribution in [3.05, 3.63) is 35.9 Å². The van der Waals surface area contributed by atoms with Crippen molar-refractivity contribution in [3.8, 4) is 0 Å². The molecule has 1 amide bonds. The molecular weight excluding hydrogens is 258 g/mol. The van der Waals surface area contributed by atoms with E-state index in [4.69, 9.17) is 4.74 Å². The van der Waals surface area contributed by atoms with Gasteiger partial charge in [-0.05, 0) is 18.9 Å². The minimum absolute atomic E-state index is 0.308. The number of carbonyl (C=O) groups is 1. The Balaban J connectivity index is 2.50. The van der Waals surface area contributed by atoms with E-state index >= 15 is 0 Å². The summed E-state index contributed by atoms with van der Waals surface area (Å²) in [6.07, 6.45) is -0.212. The Labute approximate surface area is 119 Å². The SMILES string of the molecule is CCC(CO)(CO)NC(=O)C(C)OCc1ccccc1. The number of benzene rings is 1. The second-order valence-corrected chi connectivity index (χ2v) is 4.88. The standard InChI is InChI=1S/C15H23NO4/c1-3-15(10-17,11-18)16-14(19)12(2)20-9-13-7-5-4-6-8-13/h4-8,12,17-18H,3,9-11H2,1-2H3,(H,16,19). The molecule has 3 N–H and O–H groups in total. The van der Waals surface area contributed by atoms with Crippen LogP contribution in [-0.4, -0.2) is 41.0 Å². The van der Waals surface area contributed by atoms with E-state index in [1.54, 1.807) is 13.8 Å². The number of hydrogen-bond donors (Lipinski definition) is 3. The van der Waals surface area contributed by atoms with Crippen molar-refractivity contribution in [1.29, 1.82) is 0 Å². The molecule has 0 saturated carbocycles. The van der Waals surface area contributed by atoms with Gasteiger partial charge in [0.1, 0.15) is 6.10 Å². The van der Waals surface area contributed by atoms with Gasteiger partial charge in [-0.15, -0.1) is 0 Å². The fourth-order valence-corrected chi connectivity index (χ4v) is 1.68. The van der Waals surface area contributed by atoms with Gasteiger partial charge in [-0.1, -0.05) is 37.3 Å². The number of nitrogens with one attached hydrogen (secondary N) is 1. The van der Waals surface area contributed by atoms with Crippen molar-refractivity contribution < 1.29 is 19.7 Å². The van der Waals surface area contributed by atoms with E-state index in [9.17, 15) is 15.0 Å². The fraction of sp³-hybridized carbons (Fsp3) is 0.533. The van der Waals surface area contributed by atoms with Gasteiger partial charge in [0.25, 0.3) is 0 Å². The van der Waals surface area contributed by atoms with Crippen LogP contribution in [0, 0.1) is 0 Å². The number of rotatable bonds is 8. The first-order chi connectivity index (χ1) is 9.56. The van der Waals surface area contributed by atoms with Crippen LogP contribution in [0.4, 0.5) is 0 Å². The van der Waals surface area contributed by atoms with Gasteiger partial charge in [0.15, 0.2) is 0 Å². The van der Waals surface area contributed by atoms with Crippen LogP contribution in [-0.2, 0) is 16.1 Å². The maximum Gasteiger partial charge on any atom is 0.249 e. The van der Waals surface area contributed by atoms with Gasteiger partial charge in [-0.25, -0.2) is 0 Å². The highest BCUT2D eigenvalue weighted by Crippen LogP contribution is 2.10. The Morgan fingerprint density at radius 3 is 2.40 bits per heavy atom. The summed E-state index contributed by atoms with van der Waals surface area (Å²) in [5, 5.41) is 21.3. The van der Waals surface area contributed by atoms with Crippen LogP contribution in [0.1, 0.15) is 25.8 Å². The van der Waals surface area contributed by atoms with Gasteiger partial charge in [0.2, 0.25) is 5.91 Å². The summed E-state index contributed by atoms with van der Waals surface area (Å²) in [6.45, 7) is 3.16. The zero-order valence-electron chi connectivity index (χ0n) is 12.0. The summed E-state index contributed by atoms with van der Waals surface area (Å²) >= 11 is 0. The number of amides is 1. The molecule has 0 radical (unpaired) electrons. The topological polar surface area (TPSA) is 78.8 Å². The predicted molar refractivity (Wildman–Crippen MR) is 76.0 cm³/mol.